The summed E-state index contributed by atoms with van der Waals surface area (Å²) in [5.41, 5.74) is 15.9. The maximum Gasteiger partial charge on any atom is 0.317 e. The molecule has 3 aromatic rings. The Bertz CT molecular complexity index is 1120. The van der Waals surface area contributed by atoms with Crippen LogP contribution in [0.4, 0.5) is 9.80 Å². The van der Waals surface area contributed by atoms with Crippen molar-refractivity contribution in [2.24, 2.45) is 11.5 Å². The van der Waals surface area contributed by atoms with E-state index in [0.717, 1.165) is 33.0 Å². The number of rotatable bonds is 4. The van der Waals surface area contributed by atoms with Crippen molar-refractivity contribution in [1.82, 2.24) is 9.78 Å². The fourth-order valence-corrected chi connectivity index (χ4v) is 5.20. The lowest BCUT2D eigenvalue weighted by atomic mass is 9.92. The number of hydrogen-bond donors (Lipinski definition) is 3. The van der Waals surface area contributed by atoms with Gasteiger partial charge in [0.1, 0.15) is 5.00 Å². The van der Waals surface area contributed by atoms with Gasteiger partial charge in [-0.25, -0.2) is 4.79 Å². The fourth-order valence-electron chi connectivity index (χ4n) is 3.63. The molecule has 3 amide bonds. The third-order valence-electron chi connectivity index (χ3n) is 4.89. The van der Waals surface area contributed by atoms with Crippen molar-refractivity contribution >= 4 is 39.9 Å². The van der Waals surface area contributed by atoms with E-state index in [1.54, 1.807) is 0 Å². The summed E-state index contributed by atoms with van der Waals surface area (Å²) in [6.45, 7) is 2.54. The van der Waals surface area contributed by atoms with Crippen LogP contribution in [-0.4, -0.2) is 21.7 Å². The van der Waals surface area contributed by atoms with E-state index in [4.69, 9.17) is 28.2 Å². The Balaban J connectivity index is 1.81. The molecule has 1 aromatic carbocycles. The minimum absolute atomic E-state index is 0.336. The van der Waals surface area contributed by atoms with Crippen LogP contribution in [0.5, 0.6) is 0 Å². The first kappa shape index (κ1) is 18.5. The summed E-state index contributed by atoms with van der Waals surface area (Å²) in [5, 5.41) is 8.37. The number of fused-ring (bicyclic) bond motifs is 3. The Morgan fingerprint density at radius 3 is 2.71 bits per heavy atom. The highest BCUT2D eigenvalue weighted by molar-refractivity contribution is 7.20. The largest absolute Gasteiger partial charge is 0.365 e. The normalized spacial score (nSPS) is 12.4. The summed E-state index contributed by atoms with van der Waals surface area (Å²) in [4.78, 5) is 24.3. The molecular weight excluding hydrogens is 398 g/mol. The fraction of sp³-hybridized carbons (Fsp3) is 0.211. The second kappa shape index (κ2) is 6.96. The minimum Gasteiger partial charge on any atom is -0.365 e. The zero-order chi connectivity index (χ0) is 20.0. The van der Waals surface area contributed by atoms with Gasteiger partial charge in [0.25, 0.3) is 5.91 Å². The smallest absolute Gasteiger partial charge is 0.317 e. The van der Waals surface area contributed by atoms with Gasteiger partial charge < -0.3 is 11.5 Å². The van der Waals surface area contributed by atoms with Gasteiger partial charge in [0.15, 0.2) is 0 Å². The summed E-state index contributed by atoms with van der Waals surface area (Å²) >= 11 is 7.61. The first-order valence-electron chi connectivity index (χ1n) is 8.68. The molecule has 0 unspecified atom stereocenters. The van der Waals surface area contributed by atoms with Crippen LogP contribution in [0.25, 0.3) is 10.4 Å². The lowest BCUT2D eigenvalue weighted by molar-refractivity contribution is 0.100. The number of nitrogens with one attached hydrogen (secondary N) is 1. The summed E-state index contributed by atoms with van der Waals surface area (Å²) in [7, 11) is 0. The van der Waals surface area contributed by atoms with Gasteiger partial charge in [0, 0.05) is 21.2 Å². The molecule has 0 radical (unpaired) electrons. The zero-order valence-corrected chi connectivity index (χ0v) is 16.7. The van der Waals surface area contributed by atoms with Gasteiger partial charge in [-0.3, -0.25) is 14.8 Å². The molecule has 0 atom stereocenters. The van der Waals surface area contributed by atoms with Crippen LogP contribution < -0.4 is 16.8 Å². The Labute approximate surface area is 170 Å². The second-order valence-electron chi connectivity index (χ2n) is 6.62. The number of nitrogens with two attached hydrogens (primary N) is 2. The van der Waals surface area contributed by atoms with Gasteiger partial charge in [-0.05, 0) is 37.0 Å². The van der Waals surface area contributed by atoms with Crippen LogP contribution in [0.1, 0.15) is 32.9 Å². The molecule has 0 aliphatic heterocycles. The van der Waals surface area contributed by atoms with Gasteiger partial charge in [-0.2, -0.15) is 5.10 Å². The van der Waals surface area contributed by atoms with Crippen molar-refractivity contribution in [1.29, 1.82) is 0 Å². The summed E-state index contributed by atoms with van der Waals surface area (Å²) in [5.74, 6) is -0.578. The number of aryl methyl sites for hydroxylation is 1. The highest BCUT2D eigenvalue weighted by Crippen LogP contribution is 2.46. The summed E-state index contributed by atoms with van der Waals surface area (Å²) in [6.07, 6.45) is 1.31. The maximum atomic E-state index is 12.0. The molecule has 2 heterocycles. The van der Waals surface area contributed by atoms with Crippen molar-refractivity contribution < 1.29 is 9.59 Å². The molecule has 0 saturated heterocycles. The summed E-state index contributed by atoms with van der Waals surface area (Å²) < 4.78 is 1.92. The van der Waals surface area contributed by atoms with Crippen LogP contribution in [0, 0.1) is 6.92 Å². The number of thiophene rings is 1. The molecule has 9 heteroatoms. The number of benzene rings is 1. The van der Waals surface area contributed by atoms with Crippen LogP contribution in [0.2, 0.25) is 5.02 Å². The Hall–Kier alpha value is -2.84. The van der Waals surface area contributed by atoms with Gasteiger partial charge in [0.2, 0.25) is 0 Å². The Morgan fingerprint density at radius 1 is 1.29 bits per heavy atom. The van der Waals surface area contributed by atoms with Crippen molar-refractivity contribution in [3.63, 3.8) is 0 Å². The van der Waals surface area contributed by atoms with E-state index in [2.05, 4.69) is 5.32 Å². The van der Waals surface area contributed by atoms with Crippen LogP contribution in [0.3, 0.4) is 0 Å². The lowest BCUT2D eigenvalue weighted by Gasteiger charge is -2.12. The van der Waals surface area contributed by atoms with Crippen LogP contribution in [0.15, 0.2) is 24.3 Å². The number of amides is 3. The van der Waals surface area contributed by atoms with E-state index in [1.165, 1.54) is 11.3 Å². The van der Waals surface area contributed by atoms with Crippen molar-refractivity contribution in [2.45, 2.75) is 26.3 Å². The molecule has 0 spiro atoms. The van der Waals surface area contributed by atoms with Gasteiger partial charge in [0.05, 0.1) is 17.8 Å². The van der Waals surface area contributed by atoms with Crippen molar-refractivity contribution in [3.8, 4) is 10.4 Å². The highest BCUT2D eigenvalue weighted by Gasteiger charge is 2.31. The topological polar surface area (TPSA) is 116 Å². The maximum absolute atomic E-state index is 12.0. The Kier molecular flexibility index (Phi) is 4.60. The van der Waals surface area contributed by atoms with Crippen LogP contribution >= 0.6 is 22.9 Å². The Morgan fingerprint density at radius 2 is 2.04 bits per heavy atom. The van der Waals surface area contributed by atoms with Crippen LogP contribution in [-0.2, 0) is 19.4 Å². The quantitative estimate of drug-likeness (QED) is 0.606. The molecule has 4 rings (SSSR count). The molecule has 1 aliphatic carbocycles. The monoisotopic (exact) mass is 415 g/mol. The highest BCUT2D eigenvalue weighted by atomic mass is 35.5. The number of primary amides is 2. The molecule has 0 fully saturated rings. The minimum atomic E-state index is -0.729. The molecule has 144 valence electrons. The average molecular weight is 416 g/mol. The number of carbonyl (C=O) groups excluding carboxylic acids is 2. The second-order valence-corrected chi connectivity index (χ2v) is 8.05. The SMILES string of the molecule is Cc1c2c(nn1Cc1ccccc1Cl)CCc1c-2sc(NC(N)=O)c1C(N)=O. The molecule has 28 heavy (non-hydrogen) atoms. The lowest BCUT2D eigenvalue weighted by Crippen LogP contribution is -2.22. The van der Waals surface area contributed by atoms with E-state index in [1.807, 2.05) is 35.9 Å². The molecule has 0 saturated carbocycles. The number of carbonyl (C=O) groups is 2. The number of hydrogen-bond acceptors (Lipinski definition) is 4. The molecular formula is C19H18ClN5O2S. The molecule has 7 nitrogen and oxygen atoms in total. The zero-order valence-electron chi connectivity index (χ0n) is 15.1. The predicted octanol–water partition coefficient (Wildman–Crippen LogP) is 3.31. The van der Waals surface area contributed by atoms with E-state index in [9.17, 15) is 9.59 Å². The summed E-state index contributed by atoms with van der Waals surface area (Å²) in [6, 6.07) is 6.93. The first-order valence-corrected chi connectivity index (χ1v) is 9.88. The predicted molar refractivity (Wildman–Crippen MR) is 110 cm³/mol. The van der Waals surface area contributed by atoms with E-state index < -0.39 is 11.9 Å². The number of aromatic nitrogens is 2. The molecule has 0 bridgehead atoms. The van der Waals surface area contributed by atoms with Gasteiger partial charge in [-0.15, -0.1) is 11.3 Å². The third-order valence-corrected chi connectivity index (χ3v) is 6.42. The molecule has 1 aliphatic rings. The number of nitrogens with zero attached hydrogens (tertiary/aromatic N) is 2. The molecule has 2 aromatic heterocycles. The van der Waals surface area contributed by atoms with E-state index in [-0.39, 0.29) is 0 Å². The number of urea groups is 1. The van der Waals surface area contributed by atoms with E-state index in [0.29, 0.717) is 35.0 Å². The standard InChI is InChI=1S/C19H18ClN5O2S/c1-9-14-13(24-25(9)8-10-4-2-3-5-12(10)20)7-6-11-15(17(21)26)18(23-19(22)27)28-16(11)14/h2-5H,6-8H2,1H3,(H2,21,26)(H3,22,23,27). The number of halogens is 1. The van der Waals surface area contributed by atoms with E-state index >= 15 is 0 Å². The third kappa shape index (κ3) is 3.04. The van der Waals surface area contributed by atoms with Crippen molar-refractivity contribution in [2.75, 3.05) is 5.32 Å². The van der Waals surface area contributed by atoms with Gasteiger partial charge >= 0.3 is 6.03 Å². The average Bonchev–Trinajstić information content (AvgIpc) is 3.14. The first-order chi connectivity index (χ1) is 13.4. The van der Waals surface area contributed by atoms with Gasteiger partial charge in [-0.1, -0.05) is 29.8 Å². The molecule has 5 N–H and O–H groups in total. The van der Waals surface area contributed by atoms with Crippen molar-refractivity contribution in [3.05, 3.63) is 57.4 Å². The number of anilines is 1.